The van der Waals surface area contributed by atoms with Gasteiger partial charge in [0.15, 0.2) is 5.13 Å². The zero-order chi connectivity index (χ0) is 16.2. The number of carbonyl (C=O) groups is 1. The number of hydrogen-bond acceptors (Lipinski definition) is 5. The van der Waals surface area contributed by atoms with Crippen molar-refractivity contribution in [3.63, 3.8) is 0 Å². The second-order valence-corrected chi connectivity index (χ2v) is 6.07. The van der Waals surface area contributed by atoms with E-state index >= 15 is 0 Å². The molecule has 0 aliphatic heterocycles. The molecule has 3 rings (SSSR count). The molecule has 23 heavy (non-hydrogen) atoms. The summed E-state index contributed by atoms with van der Waals surface area (Å²) < 4.78 is 0.972. The molecular weight excluding hydrogens is 308 g/mol. The number of nitrogens with zero attached hydrogens (tertiary/aromatic N) is 1. The zero-order valence-corrected chi connectivity index (χ0v) is 13.4. The summed E-state index contributed by atoms with van der Waals surface area (Å²) in [6.45, 7) is 1.96. The van der Waals surface area contributed by atoms with E-state index in [1.165, 1.54) is 17.4 Å². The number of carbonyl (C=O) groups excluding carboxylic acids is 1. The largest absolute Gasteiger partial charge is 0.322 e. The Hall–Kier alpha value is -2.70. The molecule has 0 unspecified atom stereocenters. The predicted molar refractivity (Wildman–Crippen MR) is 96.3 cm³/mol. The molecule has 0 atom stereocenters. The van der Waals surface area contributed by atoms with Crippen LogP contribution in [0.3, 0.4) is 0 Å². The minimum absolute atomic E-state index is 0.172. The molecule has 0 saturated carbocycles. The molecule has 3 aromatic rings. The van der Waals surface area contributed by atoms with Crippen LogP contribution in [0.4, 0.5) is 10.8 Å². The Bertz CT molecular complexity index is 871. The molecule has 116 valence electrons. The fraction of sp³-hybridized carbons (Fsp3) is 0.0588. The summed E-state index contributed by atoms with van der Waals surface area (Å²) in [5.41, 5.74) is 6.15. The van der Waals surface area contributed by atoms with Gasteiger partial charge in [0, 0.05) is 11.8 Å². The standard InChI is InChI=1S/C17H16N4OS/c1-11-9-13(10-14-16(11)20-17(21-18)23-14)19-15(22)8-7-12-5-3-2-4-6-12/h2-10H,18H2,1H3,(H,19,22)(H,20,21)/b8-7+. The Kier molecular flexibility index (Phi) is 4.36. The average molecular weight is 324 g/mol. The summed E-state index contributed by atoms with van der Waals surface area (Å²) in [6, 6.07) is 13.5. The van der Waals surface area contributed by atoms with Crippen LogP contribution in [0.1, 0.15) is 11.1 Å². The number of aryl methyl sites for hydroxylation is 1. The highest BCUT2D eigenvalue weighted by atomic mass is 32.1. The molecule has 2 aromatic carbocycles. The number of nitrogen functional groups attached to an aromatic ring is 1. The summed E-state index contributed by atoms with van der Waals surface area (Å²) in [5, 5.41) is 3.52. The smallest absolute Gasteiger partial charge is 0.248 e. The van der Waals surface area contributed by atoms with Gasteiger partial charge in [-0.05, 0) is 36.3 Å². The highest BCUT2D eigenvalue weighted by molar-refractivity contribution is 7.22. The normalized spacial score (nSPS) is 11.0. The van der Waals surface area contributed by atoms with E-state index in [4.69, 9.17) is 5.84 Å². The number of benzene rings is 2. The molecule has 1 heterocycles. The van der Waals surface area contributed by atoms with Gasteiger partial charge in [-0.3, -0.25) is 10.2 Å². The Labute approximate surface area is 137 Å². The number of hydrazine groups is 1. The van der Waals surface area contributed by atoms with Gasteiger partial charge in [-0.2, -0.15) is 0 Å². The second-order valence-electron chi connectivity index (χ2n) is 5.04. The molecule has 0 spiro atoms. The maximum absolute atomic E-state index is 12.1. The fourth-order valence-corrected chi connectivity index (χ4v) is 3.14. The molecule has 6 heteroatoms. The zero-order valence-electron chi connectivity index (χ0n) is 12.5. The van der Waals surface area contributed by atoms with Crippen molar-refractivity contribution in [1.29, 1.82) is 0 Å². The molecule has 5 nitrogen and oxygen atoms in total. The van der Waals surface area contributed by atoms with Gasteiger partial charge in [-0.25, -0.2) is 10.8 Å². The summed E-state index contributed by atoms with van der Waals surface area (Å²) >= 11 is 1.45. The van der Waals surface area contributed by atoms with Crippen molar-refractivity contribution in [3.05, 3.63) is 59.7 Å². The van der Waals surface area contributed by atoms with Crippen molar-refractivity contribution >= 4 is 44.4 Å². The van der Waals surface area contributed by atoms with Crippen molar-refractivity contribution in [3.8, 4) is 0 Å². The number of anilines is 2. The van der Waals surface area contributed by atoms with E-state index in [1.54, 1.807) is 6.08 Å². The van der Waals surface area contributed by atoms with Crippen molar-refractivity contribution in [1.82, 2.24) is 4.98 Å². The number of rotatable bonds is 4. The first-order valence-electron chi connectivity index (χ1n) is 7.07. The lowest BCUT2D eigenvalue weighted by Gasteiger charge is -2.04. The third-order valence-corrected chi connectivity index (χ3v) is 4.24. The first kappa shape index (κ1) is 15.2. The molecular formula is C17H16N4OS. The van der Waals surface area contributed by atoms with Gasteiger partial charge < -0.3 is 5.32 Å². The fourth-order valence-electron chi connectivity index (χ4n) is 2.25. The number of nitrogens with one attached hydrogen (secondary N) is 2. The van der Waals surface area contributed by atoms with Crippen LogP contribution < -0.4 is 16.6 Å². The Morgan fingerprint density at radius 3 is 2.78 bits per heavy atom. The molecule has 1 aromatic heterocycles. The van der Waals surface area contributed by atoms with Crippen LogP contribution in [-0.4, -0.2) is 10.9 Å². The molecule has 0 radical (unpaired) electrons. The van der Waals surface area contributed by atoms with Crippen LogP contribution in [0.15, 0.2) is 48.5 Å². The Morgan fingerprint density at radius 2 is 2.04 bits per heavy atom. The highest BCUT2D eigenvalue weighted by Gasteiger charge is 2.08. The van der Waals surface area contributed by atoms with Gasteiger partial charge in [0.1, 0.15) is 0 Å². The SMILES string of the molecule is Cc1cc(NC(=O)/C=C/c2ccccc2)cc2sc(NN)nc12. The van der Waals surface area contributed by atoms with E-state index in [0.717, 1.165) is 27.0 Å². The lowest BCUT2D eigenvalue weighted by atomic mass is 10.2. The van der Waals surface area contributed by atoms with Crippen molar-refractivity contribution in [2.75, 3.05) is 10.7 Å². The number of nitrogens with two attached hydrogens (primary N) is 1. The third-order valence-electron chi connectivity index (χ3n) is 3.30. The van der Waals surface area contributed by atoms with Crippen LogP contribution in [0, 0.1) is 6.92 Å². The van der Waals surface area contributed by atoms with Gasteiger partial charge in [0.25, 0.3) is 0 Å². The third kappa shape index (κ3) is 3.56. The van der Waals surface area contributed by atoms with E-state index in [0.29, 0.717) is 5.13 Å². The predicted octanol–water partition coefficient (Wildman–Crippen LogP) is 3.54. The van der Waals surface area contributed by atoms with E-state index in [2.05, 4.69) is 15.7 Å². The van der Waals surface area contributed by atoms with Gasteiger partial charge in [0.2, 0.25) is 5.91 Å². The summed E-state index contributed by atoms with van der Waals surface area (Å²) in [5.74, 6) is 5.22. The minimum Gasteiger partial charge on any atom is -0.322 e. The van der Waals surface area contributed by atoms with Crippen LogP contribution in [0.25, 0.3) is 16.3 Å². The molecule has 0 aliphatic carbocycles. The first-order valence-corrected chi connectivity index (χ1v) is 7.89. The van der Waals surface area contributed by atoms with Crippen molar-refractivity contribution in [2.45, 2.75) is 6.92 Å². The minimum atomic E-state index is -0.172. The van der Waals surface area contributed by atoms with Crippen LogP contribution in [-0.2, 0) is 4.79 Å². The first-order chi connectivity index (χ1) is 11.2. The Balaban J connectivity index is 1.78. The maximum Gasteiger partial charge on any atom is 0.248 e. The molecule has 0 bridgehead atoms. The van der Waals surface area contributed by atoms with E-state index < -0.39 is 0 Å². The molecule has 0 aliphatic rings. The second kappa shape index (κ2) is 6.60. The monoisotopic (exact) mass is 324 g/mol. The van der Waals surface area contributed by atoms with Crippen LogP contribution >= 0.6 is 11.3 Å². The lowest BCUT2D eigenvalue weighted by molar-refractivity contribution is -0.111. The molecule has 0 fully saturated rings. The lowest BCUT2D eigenvalue weighted by Crippen LogP contribution is -2.07. The van der Waals surface area contributed by atoms with Gasteiger partial charge in [0.05, 0.1) is 10.2 Å². The van der Waals surface area contributed by atoms with Crippen LogP contribution in [0.2, 0.25) is 0 Å². The average Bonchev–Trinajstić information content (AvgIpc) is 2.98. The molecule has 1 amide bonds. The van der Waals surface area contributed by atoms with Crippen LogP contribution in [0.5, 0.6) is 0 Å². The number of aromatic nitrogens is 1. The quantitative estimate of drug-likeness (QED) is 0.389. The summed E-state index contributed by atoms with van der Waals surface area (Å²) in [6.07, 6.45) is 3.30. The van der Waals surface area contributed by atoms with Crippen molar-refractivity contribution < 1.29 is 4.79 Å². The van der Waals surface area contributed by atoms with E-state index in [-0.39, 0.29) is 5.91 Å². The number of amides is 1. The van der Waals surface area contributed by atoms with Crippen molar-refractivity contribution in [2.24, 2.45) is 5.84 Å². The maximum atomic E-state index is 12.1. The number of thiazole rings is 1. The highest BCUT2D eigenvalue weighted by Crippen LogP contribution is 2.30. The topological polar surface area (TPSA) is 80.0 Å². The van der Waals surface area contributed by atoms with E-state index in [9.17, 15) is 4.79 Å². The van der Waals surface area contributed by atoms with E-state index in [1.807, 2.05) is 49.4 Å². The molecule has 4 N–H and O–H groups in total. The Morgan fingerprint density at radius 1 is 1.26 bits per heavy atom. The summed E-state index contributed by atoms with van der Waals surface area (Å²) in [4.78, 5) is 16.4. The molecule has 0 saturated heterocycles. The van der Waals surface area contributed by atoms with Gasteiger partial charge >= 0.3 is 0 Å². The van der Waals surface area contributed by atoms with Gasteiger partial charge in [-0.15, -0.1) is 0 Å². The summed E-state index contributed by atoms with van der Waals surface area (Å²) in [7, 11) is 0. The number of hydrogen-bond donors (Lipinski definition) is 3. The van der Waals surface area contributed by atoms with Gasteiger partial charge in [-0.1, -0.05) is 41.7 Å². The number of fused-ring (bicyclic) bond motifs is 1.